The van der Waals surface area contributed by atoms with Gasteiger partial charge in [-0.2, -0.15) is 5.10 Å². The highest BCUT2D eigenvalue weighted by Crippen LogP contribution is 2.28. The number of hydrogen-bond donors (Lipinski definition) is 1. The van der Waals surface area contributed by atoms with Crippen molar-refractivity contribution in [2.75, 3.05) is 0 Å². The second kappa shape index (κ2) is 4.81. The summed E-state index contributed by atoms with van der Waals surface area (Å²) in [6.07, 6.45) is 4.02. The van der Waals surface area contributed by atoms with E-state index in [1.165, 1.54) is 30.5 Å². The van der Waals surface area contributed by atoms with Gasteiger partial charge in [0.1, 0.15) is 0 Å². The van der Waals surface area contributed by atoms with Gasteiger partial charge < -0.3 is 5.32 Å². The summed E-state index contributed by atoms with van der Waals surface area (Å²) in [5.74, 6) is 0.885. The fourth-order valence-corrected chi connectivity index (χ4v) is 3.21. The highest BCUT2D eigenvalue weighted by Gasteiger charge is 2.24. The first-order chi connectivity index (χ1) is 7.99. The van der Waals surface area contributed by atoms with Crippen LogP contribution in [0.3, 0.4) is 0 Å². The number of aryl methyl sites for hydroxylation is 2. The molecule has 0 aromatic carbocycles. The maximum absolute atomic E-state index is 4.50. The Hall–Kier alpha value is -0.830. The van der Waals surface area contributed by atoms with E-state index < -0.39 is 0 Å². The summed E-state index contributed by atoms with van der Waals surface area (Å²) in [6.45, 7) is 8.88. The van der Waals surface area contributed by atoms with Crippen LogP contribution in [0.4, 0.5) is 0 Å². The average Bonchev–Trinajstić information content (AvgIpc) is 2.73. The van der Waals surface area contributed by atoms with Gasteiger partial charge in [-0.15, -0.1) is 0 Å². The van der Waals surface area contributed by atoms with Crippen LogP contribution in [-0.4, -0.2) is 15.8 Å². The van der Waals surface area contributed by atoms with Gasteiger partial charge in [0.15, 0.2) is 0 Å². The van der Waals surface area contributed by atoms with Crippen LogP contribution >= 0.6 is 0 Å². The Morgan fingerprint density at radius 2 is 2.06 bits per heavy atom. The van der Waals surface area contributed by atoms with E-state index in [2.05, 4.69) is 38.1 Å². The lowest BCUT2D eigenvalue weighted by molar-refractivity contribution is 0.447. The molecule has 3 atom stereocenters. The second-order valence-corrected chi connectivity index (χ2v) is 5.71. The van der Waals surface area contributed by atoms with Crippen molar-refractivity contribution in [3.8, 4) is 0 Å². The fourth-order valence-electron chi connectivity index (χ4n) is 3.21. The smallest absolute Gasteiger partial charge is 0.0644 e. The molecule has 1 aromatic rings. The van der Waals surface area contributed by atoms with Gasteiger partial charge in [-0.25, -0.2) is 0 Å². The Labute approximate surface area is 105 Å². The molecule has 17 heavy (non-hydrogen) atoms. The first-order valence-corrected chi connectivity index (χ1v) is 6.75. The third-order valence-electron chi connectivity index (χ3n) is 4.18. The Kier molecular flexibility index (Phi) is 3.57. The van der Waals surface area contributed by atoms with Crippen molar-refractivity contribution in [2.45, 2.75) is 59.0 Å². The van der Waals surface area contributed by atoms with Crippen molar-refractivity contribution in [3.05, 3.63) is 17.0 Å². The molecule has 3 nitrogen and oxygen atoms in total. The zero-order chi connectivity index (χ0) is 12.6. The highest BCUT2D eigenvalue weighted by molar-refractivity contribution is 5.27. The lowest BCUT2D eigenvalue weighted by Gasteiger charge is -2.20. The Bertz CT molecular complexity index is 394. The molecule has 0 bridgehead atoms. The lowest BCUT2D eigenvalue weighted by Crippen LogP contribution is -2.29. The van der Waals surface area contributed by atoms with Crippen molar-refractivity contribution < 1.29 is 0 Å². The zero-order valence-electron chi connectivity index (χ0n) is 11.7. The van der Waals surface area contributed by atoms with E-state index in [4.69, 9.17) is 0 Å². The second-order valence-electron chi connectivity index (χ2n) is 5.71. The maximum Gasteiger partial charge on any atom is 0.0644 e. The predicted molar refractivity (Wildman–Crippen MR) is 71.0 cm³/mol. The molecule has 1 aliphatic rings. The molecular formula is C14H25N3. The van der Waals surface area contributed by atoms with E-state index >= 15 is 0 Å². The Morgan fingerprint density at radius 1 is 1.35 bits per heavy atom. The van der Waals surface area contributed by atoms with Gasteiger partial charge in [0.25, 0.3) is 0 Å². The van der Waals surface area contributed by atoms with Crippen LogP contribution in [-0.2, 0) is 7.05 Å². The van der Waals surface area contributed by atoms with Crippen LogP contribution in [0, 0.1) is 19.8 Å². The monoisotopic (exact) mass is 235 g/mol. The van der Waals surface area contributed by atoms with Gasteiger partial charge >= 0.3 is 0 Å². The minimum absolute atomic E-state index is 0.416. The minimum Gasteiger partial charge on any atom is -0.307 e. The molecule has 96 valence electrons. The summed E-state index contributed by atoms with van der Waals surface area (Å²) in [6, 6.07) is 1.11. The quantitative estimate of drug-likeness (QED) is 0.873. The Balaban J connectivity index is 2.06. The molecular weight excluding hydrogens is 210 g/mol. The molecule has 0 amide bonds. The van der Waals surface area contributed by atoms with Crippen molar-refractivity contribution in [2.24, 2.45) is 13.0 Å². The third-order valence-corrected chi connectivity index (χ3v) is 4.18. The van der Waals surface area contributed by atoms with Gasteiger partial charge in [0, 0.05) is 30.4 Å². The van der Waals surface area contributed by atoms with Crippen LogP contribution in [0.2, 0.25) is 0 Å². The number of nitrogens with one attached hydrogen (secondary N) is 1. The van der Waals surface area contributed by atoms with E-state index in [0.717, 1.165) is 11.6 Å². The van der Waals surface area contributed by atoms with Gasteiger partial charge in [0.05, 0.1) is 5.69 Å². The number of nitrogens with zero attached hydrogens (tertiary/aromatic N) is 2. The molecule has 3 unspecified atom stereocenters. The SMILES string of the molecule is Cc1nn(C)c(C)c1C(C)NC1CCC(C)C1. The van der Waals surface area contributed by atoms with Crippen molar-refractivity contribution in [1.82, 2.24) is 15.1 Å². The summed E-state index contributed by atoms with van der Waals surface area (Å²) < 4.78 is 1.99. The van der Waals surface area contributed by atoms with E-state index in [9.17, 15) is 0 Å². The van der Waals surface area contributed by atoms with Crippen molar-refractivity contribution in [1.29, 1.82) is 0 Å². The molecule has 1 fully saturated rings. The lowest BCUT2D eigenvalue weighted by atomic mass is 10.0. The van der Waals surface area contributed by atoms with Crippen LogP contribution in [0.15, 0.2) is 0 Å². The number of rotatable bonds is 3. The van der Waals surface area contributed by atoms with Crippen LogP contribution in [0.1, 0.15) is 56.1 Å². The highest BCUT2D eigenvalue weighted by atomic mass is 15.3. The molecule has 0 aliphatic heterocycles. The predicted octanol–water partition coefficient (Wildman–Crippen LogP) is 2.88. The molecule has 1 aliphatic carbocycles. The maximum atomic E-state index is 4.50. The molecule has 3 heteroatoms. The van der Waals surface area contributed by atoms with Gasteiger partial charge in [-0.1, -0.05) is 6.92 Å². The largest absolute Gasteiger partial charge is 0.307 e. The fraction of sp³-hybridized carbons (Fsp3) is 0.786. The van der Waals surface area contributed by atoms with Gasteiger partial charge in [-0.05, 0) is 46.0 Å². The van der Waals surface area contributed by atoms with Gasteiger partial charge in [0.2, 0.25) is 0 Å². The zero-order valence-corrected chi connectivity index (χ0v) is 11.7. The number of hydrogen-bond acceptors (Lipinski definition) is 2. The summed E-state index contributed by atoms with van der Waals surface area (Å²) >= 11 is 0. The average molecular weight is 235 g/mol. The summed E-state index contributed by atoms with van der Waals surface area (Å²) in [5.41, 5.74) is 3.83. The normalized spacial score (nSPS) is 26.4. The molecule has 0 saturated heterocycles. The van der Waals surface area contributed by atoms with Crippen molar-refractivity contribution in [3.63, 3.8) is 0 Å². The van der Waals surface area contributed by atoms with Gasteiger partial charge in [-0.3, -0.25) is 4.68 Å². The van der Waals surface area contributed by atoms with Crippen LogP contribution < -0.4 is 5.32 Å². The van der Waals surface area contributed by atoms with E-state index in [1.807, 2.05) is 11.7 Å². The van der Waals surface area contributed by atoms with E-state index in [-0.39, 0.29) is 0 Å². The first-order valence-electron chi connectivity index (χ1n) is 6.75. The molecule has 0 spiro atoms. The summed E-state index contributed by atoms with van der Waals surface area (Å²) in [7, 11) is 2.02. The molecule has 2 rings (SSSR count). The molecule has 0 radical (unpaired) electrons. The standard InChI is InChI=1S/C14H25N3/c1-9-6-7-13(8-9)15-10(2)14-11(3)16-17(5)12(14)4/h9-10,13,15H,6-8H2,1-5H3. The molecule has 1 N–H and O–H groups in total. The molecule has 1 heterocycles. The first kappa shape index (κ1) is 12.6. The topological polar surface area (TPSA) is 29.9 Å². The number of aromatic nitrogens is 2. The minimum atomic E-state index is 0.416. The third kappa shape index (κ3) is 2.54. The molecule has 1 saturated carbocycles. The van der Waals surface area contributed by atoms with E-state index in [0.29, 0.717) is 12.1 Å². The van der Waals surface area contributed by atoms with Crippen LogP contribution in [0.5, 0.6) is 0 Å². The van der Waals surface area contributed by atoms with E-state index in [1.54, 1.807) is 0 Å². The van der Waals surface area contributed by atoms with Crippen molar-refractivity contribution >= 4 is 0 Å². The Morgan fingerprint density at radius 3 is 2.53 bits per heavy atom. The summed E-state index contributed by atoms with van der Waals surface area (Å²) in [4.78, 5) is 0. The molecule has 1 aromatic heterocycles. The van der Waals surface area contributed by atoms with Crippen LogP contribution in [0.25, 0.3) is 0 Å². The summed E-state index contributed by atoms with van der Waals surface area (Å²) in [5, 5.41) is 8.27.